The molecule has 0 bridgehead atoms. The second kappa shape index (κ2) is 9.03. The van der Waals surface area contributed by atoms with Crippen LogP contribution in [0.3, 0.4) is 0 Å². The van der Waals surface area contributed by atoms with E-state index in [1.807, 2.05) is 19.1 Å². The molecule has 1 aromatic carbocycles. The fourth-order valence-electron chi connectivity index (χ4n) is 5.34. The molecule has 0 saturated carbocycles. The highest BCUT2D eigenvalue weighted by Gasteiger charge is 2.43. The van der Waals surface area contributed by atoms with Crippen LogP contribution in [0.25, 0.3) is 12.2 Å². The van der Waals surface area contributed by atoms with Crippen LogP contribution >= 0.6 is 0 Å². The van der Waals surface area contributed by atoms with Gasteiger partial charge < -0.3 is 9.30 Å². The second-order valence-corrected chi connectivity index (χ2v) is 9.86. The van der Waals surface area contributed by atoms with Crippen LogP contribution in [0, 0.1) is 12.8 Å². The summed E-state index contributed by atoms with van der Waals surface area (Å²) in [5.41, 5.74) is 3.54. The van der Waals surface area contributed by atoms with Gasteiger partial charge in [-0.05, 0) is 30.9 Å². The Labute approximate surface area is 195 Å². The van der Waals surface area contributed by atoms with Gasteiger partial charge in [0.1, 0.15) is 0 Å². The third-order valence-corrected chi connectivity index (χ3v) is 7.26. The van der Waals surface area contributed by atoms with Crippen molar-refractivity contribution in [2.24, 2.45) is 5.92 Å². The van der Waals surface area contributed by atoms with Crippen molar-refractivity contribution in [2.75, 3.05) is 32.8 Å². The maximum atomic E-state index is 14.4. The van der Waals surface area contributed by atoms with E-state index < -0.39 is 5.67 Å². The average Bonchev–Trinajstić information content (AvgIpc) is 2.92. The van der Waals surface area contributed by atoms with Crippen LogP contribution in [0.2, 0.25) is 0 Å². The van der Waals surface area contributed by atoms with E-state index in [0.29, 0.717) is 18.9 Å². The van der Waals surface area contributed by atoms with Gasteiger partial charge in [0.05, 0.1) is 13.2 Å². The molecule has 0 N–H and O–H groups in total. The Morgan fingerprint density at radius 1 is 1.21 bits per heavy atom. The number of rotatable bonds is 8. The number of allylic oxidation sites excluding steroid dienone is 2. The Kier molecular flexibility index (Phi) is 6.11. The molecule has 1 aliphatic carbocycles. The van der Waals surface area contributed by atoms with Crippen molar-refractivity contribution < 1.29 is 13.9 Å². The van der Waals surface area contributed by atoms with Crippen LogP contribution in [-0.4, -0.2) is 53.8 Å². The van der Waals surface area contributed by atoms with Crippen molar-refractivity contribution in [3.05, 3.63) is 69.4 Å². The summed E-state index contributed by atoms with van der Waals surface area (Å²) < 4.78 is 21.9. The molecule has 0 unspecified atom stereocenters. The Morgan fingerprint density at radius 3 is 2.64 bits per heavy atom. The smallest absolute Gasteiger partial charge is 0.169 e. The first-order chi connectivity index (χ1) is 16.0. The van der Waals surface area contributed by atoms with Crippen LogP contribution in [0.15, 0.2) is 36.4 Å². The molecule has 5 heteroatoms. The van der Waals surface area contributed by atoms with E-state index in [1.165, 1.54) is 27.4 Å². The van der Waals surface area contributed by atoms with E-state index in [0.717, 1.165) is 38.0 Å². The molecule has 2 fully saturated rings. The number of ether oxygens (including phenoxy) is 1. The molecule has 33 heavy (non-hydrogen) atoms. The lowest BCUT2D eigenvalue weighted by Gasteiger charge is -2.45. The molecule has 3 heterocycles. The molecule has 0 atom stereocenters. The van der Waals surface area contributed by atoms with Gasteiger partial charge >= 0.3 is 0 Å². The van der Waals surface area contributed by atoms with Gasteiger partial charge in [-0.25, -0.2) is 4.39 Å². The molecule has 2 aromatic rings. The lowest BCUT2D eigenvalue weighted by molar-refractivity contribution is -0.150. The SMILES string of the molecule is CCC(=O)c1ccc(Cc2c(C)n(CC3CN(CC4(F)COC4)C3)c3c2=CC=CCC=3)cc1. The molecule has 3 aliphatic rings. The van der Waals surface area contributed by atoms with Gasteiger partial charge in [-0.2, -0.15) is 0 Å². The average molecular weight is 449 g/mol. The minimum Gasteiger partial charge on any atom is -0.375 e. The summed E-state index contributed by atoms with van der Waals surface area (Å²) in [6.45, 7) is 7.97. The number of hydrogen-bond acceptors (Lipinski definition) is 3. The molecular weight excluding hydrogens is 415 g/mol. The Morgan fingerprint density at radius 2 is 1.97 bits per heavy atom. The van der Waals surface area contributed by atoms with Crippen molar-refractivity contribution in [2.45, 2.75) is 45.3 Å². The van der Waals surface area contributed by atoms with Gasteiger partial charge in [0.25, 0.3) is 0 Å². The molecule has 1 aromatic heterocycles. The third-order valence-electron chi connectivity index (χ3n) is 7.26. The van der Waals surface area contributed by atoms with Gasteiger partial charge in [-0.15, -0.1) is 0 Å². The Balaban J connectivity index is 1.36. The lowest BCUT2D eigenvalue weighted by atomic mass is 9.95. The molecule has 174 valence electrons. The van der Waals surface area contributed by atoms with Crippen LogP contribution in [-0.2, 0) is 17.7 Å². The number of ketones is 1. The Bertz CT molecular complexity index is 1180. The van der Waals surface area contributed by atoms with Crippen LogP contribution in [0.4, 0.5) is 4.39 Å². The number of carbonyl (C=O) groups excluding carboxylic acids is 1. The Hall–Kier alpha value is -2.50. The predicted molar refractivity (Wildman–Crippen MR) is 130 cm³/mol. The number of benzene rings is 1. The number of aromatic nitrogens is 1. The normalized spacial score (nSPS) is 19.6. The quantitative estimate of drug-likeness (QED) is 0.582. The standard InChI is InChI=1S/C28H33FN2O2/c1-3-27(32)23-11-9-21(10-12-23)13-25-20(2)31(26-8-6-4-5-7-24(25)26)16-22-14-30(15-22)17-28(29)18-33-19-28/h4-5,7-12,22H,3,6,13-19H2,1-2H3. The third kappa shape index (κ3) is 4.49. The summed E-state index contributed by atoms with van der Waals surface area (Å²) in [6, 6.07) is 8.08. The van der Waals surface area contributed by atoms with Crippen molar-refractivity contribution in [3.8, 4) is 0 Å². The zero-order chi connectivity index (χ0) is 23.0. The van der Waals surface area contributed by atoms with E-state index in [2.05, 4.69) is 52.8 Å². The maximum Gasteiger partial charge on any atom is 0.169 e. The number of hydrogen-bond donors (Lipinski definition) is 0. The zero-order valence-electron chi connectivity index (χ0n) is 19.6. The molecular formula is C28H33FN2O2. The largest absolute Gasteiger partial charge is 0.375 e. The summed E-state index contributed by atoms with van der Waals surface area (Å²) >= 11 is 0. The zero-order valence-corrected chi connectivity index (χ0v) is 19.6. The van der Waals surface area contributed by atoms with Crippen LogP contribution in [0.1, 0.15) is 46.9 Å². The summed E-state index contributed by atoms with van der Waals surface area (Å²) in [5.74, 6) is 0.727. The number of likely N-dealkylation sites (tertiary alicyclic amines) is 1. The molecule has 0 spiro atoms. The second-order valence-electron chi connectivity index (χ2n) is 9.86. The highest BCUT2D eigenvalue weighted by atomic mass is 19.1. The number of nitrogens with zero attached hydrogens (tertiary/aromatic N) is 2. The van der Waals surface area contributed by atoms with E-state index in [4.69, 9.17) is 4.74 Å². The maximum absolute atomic E-state index is 14.4. The first-order valence-corrected chi connectivity index (χ1v) is 12.1. The van der Waals surface area contributed by atoms with E-state index in [1.54, 1.807) is 0 Å². The van der Waals surface area contributed by atoms with E-state index >= 15 is 0 Å². The van der Waals surface area contributed by atoms with Gasteiger partial charge in [0.15, 0.2) is 11.5 Å². The summed E-state index contributed by atoms with van der Waals surface area (Å²) in [6.07, 6.45) is 11.2. The predicted octanol–water partition coefficient (Wildman–Crippen LogP) is 3.17. The molecule has 0 amide bonds. The number of alkyl halides is 1. The van der Waals surface area contributed by atoms with E-state index in [-0.39, 0.29) is 19.0 Å². The monoisotopic (exact) mass is 448 g/mol. The molecule has 2 saturated heterocycles. The first kappa shape index (κ1) is 22.3. The van der Waals surface area contributed by atoms with E-state index in [9.17, 15) is 9.18 Å². The molecule has 5 rings (SSSR count). The molecule has 4 nitrogen and oxygen atoms in total. The van der Waals surface area contributed by atoms with Crippen molar-refractivity contribution >= 4 is 17.9 Å². The summed E-state index contributed by atoms with van der Waals surface area (Å²) in [5, 5.41) is 2.61. The van der Waals surface area contributed by atoms with Crippen molar-refractivity contribution in [1.82, 2.24) is 9.47 Å². The number of Topliss-reactive ketones (excluding diaryl/α,β-unsaturated/α-hetero) is 1. The first-order valence-electron chi connectivity index (χ1n) is 12.1. The number of halogens is 1. The molecule has 0 radical (unpaired) electrons. The van der Waals surface area contributed by atoms with Crippen molar-refractivity contribution in [1.29, 1.82) is 0 Å². The lowest BCUT2D eigenvalue weighted by Crippen LogP contribution is -2.59. The van der Waals surface area contributed by atoms with Gasteiger partial charge in [0.2, 0.25) is 0 Å². The highest BCUT2D eigenvalue weighted by Crippen LogP contribution is 2.27. The van der Waals surface area contributed by atoms with Gasteiger partial charge in [-0.1, -0.05) is 55.5 Å². The number of fused-ring (bicyclic) bond motifs is 1. The highest BCUT2D eigenvalue weighted by molar-refractivity contribution is 5.95. The number of carbonyl (C=O) groups is 1. The van der Waals surface area contributed by atoms with Crippen molar-refractivity contribution in [3.63, 3.8) is 0 Å². The fraction of sp³-hybridized carbons (Fsp3) is 0.464. The molecule has 2 aliphatic heterocycles. The minimum absolute atomic E-state index is 0.184. The fourth-order valence-corrected chi connectivity index (χ4v) is 5.34. The topological polar surface area (TPSA) is 34.5 Å². The van der Waals surface area contributed by atoms with Crippen LogP contribution < -0.4 is 10.6 Å². The summed E-state index contributed by atoms with van der Waals surface area (Å²) in [4.78, 5) is 14.2. The minimum atomic E-state index is -1.13. The summed E-state index contributed by atoms with van der Waals surface area (Å²) in [7, 11) is 0. The van der Waals surface area contributed by atoms with Gasteiger partial charge in [-0.3, -0.25) is 9.69 Å². The van der Waals surface area contributed by atoms with Crippen LogP contribution in [0.5, 0.6) is 0 Å². The van der Waals surface area contributed by atoms with Gasteiger partial charge in [0, 0.05) is 60.3 Å².